The molecular weight excluding hydrogens is 108 g/mol. The first-order valence-electron chi connectivity index (χ1n) is 2.00. The average Bonchev–Trinajstić information content (AvgIpc) is 1.68. The van der Waals surface area contributed by atoms with Crippen molar-refractivity contribution in [1.82, 2.24) is 0 Å². The molecule has 0 unspecified atom stereocenters. The summed E-state index contributed by atoms with van der Waals surface area (Å²) >= 11 is 1.63. The number of hydrogen-bond acceptors (Lipinski definition) is 2. The lowest BCUT2D eigenvalue weighted by atomic mass is 10.4. The van der Waals surface area contributed by atoms with Crippen molar-refractivity contribution < 1.29 is 4.79 Å². The van der Waals surface area contributed by atoms with Crippen molar-refractivity contribution in [2.45, 2.75) is 6.92 Å². The molecule has 0 fully saturated rings. The zero-order valence-electron chi connectivity index (χ0n) is 4.52. The minimum atomic E-state index is 0.785. The topological polar surface area (TPSA) is 17.1 Å². The standard InChI is InChI=1S/C5H8OS/c1-5(3-6)4-7-2/h4H2,1-2H3. The summed E-state index contributed by atoms with van der Waals surface area (Å²) in [5, 5.41) is 0. The van der Waals surface area contributed by atoms with E-state index in [1.165, 1.54) is 0 Å². The fourth-order valence-corrected chi connectivity index (χ4v) is 0.738. The summed E-state index contributed by atoms with van der Waals surface area (Å²) in [6, 6.07) is 0. The lowest BCUT2D eigenvalue weighted by molar-refractivity contribution is 0.567. The van der Waals surface area contributed by atoms with Crippen LogP contribution in [0.5, 0.6) is 0 Å². The molecule has 0 bridgehead atoms. The van der Waals surface area contributed by atoms with Gasteiger partial charge in [0, 0.05) is 11.3 Å². The van der Waals surface area contributed by atoms with Crippen LogP contribution >= 0.6 is 11.8 Å². The van der Waals surface area contributed by atoms with Gasteiger partial charge in [0.15, 0.2) is 0 Å². The molecule has 0 heterocycles. The molecule has 0 aliphatic rings. The Balaban J connectivity index is 3.37. The van der Waals surface area contributed by atoms with Crippen LogP contribution in [0.15, 0.2) is 5.57 Å². The SMILES string of the molecule is CSCC(C)=C=O. The molecule has 0 N–H and O–H groups in total. The highest BCUT2D eigenvalue weighted by atomic mass is 32.2. The molecule has 0 spiro atoms. The Bertz CT molecular complexity index is 92.3. The molecule has 0 radical (unpaired) electrons. The Kier molecular flexibility index (Phi) is 3.86. The molecular formula is C5H8OS. The third-order valence-electron chi connectivity index (χ3n) is 0.535. The molecule has 1 nitrogen and oxygen atoms in total. The fraction of sp³-hybridized carbons (Fsp3) is 0.600. The van der Waals surface area contributed by atoms with Gasteiger partial charge in [-0.15, -0.1) is 0 Å². The van der Waals surface area contributed by atoms with Gasteiger partial charge in [0.1, 0.15) is 5.94 Å². The van der Waals surface area contributed by atoms with Crippen molar-refractivity contribution >= 4 is 17.7 Å². The van der Waals surface area contributed by atoms with Crippen molar-refractivity contribution in [2.24, 2.45) is 0 Å². The van der Waals surface area contributed by atoms with E-state index in [-0.39, 0.29) is 0 Å². The second kappa shape index (κ2) is 3.97. The van der Waals surface area contributed by atoms with E-state index >= 15 is 0 Å². The molecule has 0 saturated carbocycles. The quantitative estimate of drug-likeness (QED) is 0.503. The molecule has 0 saturated heterocycles. The summed E-state index contributed by atoms with van der Waals surface area (Å²) in [4.78, 5) is 9.72. The number of carbonyl (C=O) groups excluding carboxylic acids is 1. The van der Waals surface area contributed by atoms with Gasteiger partial charge in [0.2, 0.25) is 0 Å². The van der Waals surface area contributed by atoms with Crippen LogP contribution in [0.2, 0.25) is 0 Å². The molecule has 0 aliphatic carbocycles. The van der Waals surface area contributed by atoms with Gasteiger partial charge in [-0.2, -0.15) is 11.8 Å². The molecule has 0 aromatic heterocycles. The van der Waals surface area contributed by atoms with Crippen LogP contribution in [0.1, 0.15) is 6.92 Å². The van der Waals surface area contributed by atoms with Crippen molar-refractivity contribution in [2.75, 3.05) is 12.0 Å². The first-order chi connectivity index (χ1) is 3.31. The van der Waals surface area contributed by atoms with Crippen LogP contribution in [0.4, 0.5) is 0 Å². The first kappa shape index (κ1) is 6.80. The van der Waals surface area contributed by atoms with E-state index in [1.807, 2.05) is 12.2 Å². The van der Waals surface area contributed by atoms with Crippen molar-refractivity contribution in [3.8, 4) is 0 Å². The van der Waals surface area contributed by atoms with Crippen molar-refractivity contribution in [3.05, 3.63) is 5.57 Å². The predicted molar refractivity (Wildman–Crippen MR) is 33.3 cm³/mol. The third kappa shape index (κ3) is 3.64. The van der Waals surface area contributed by atoms with E-state index in [9.17, 15) is 4.79 Å². The normalized spacial score (nSPS) is 7.71. The predicted octanol–water partition coefficient (Wildman–Crippen LogP) is 1.13. The van der Waals surface area contributed by atoms with E-state index < -0.39 is 0 Å². The van der Waals surface area contributed by atoms with Crippen molar-refractivity contribution in [1.29, 1.82) is 0 Å². The van der Waals surface area contributed by atoms with Gasteiger partial charge >= 0.3 is 0 Å². The van der Waals surface area contributed by atoms with Crippen molar-refractivity contribution in [3.63, 3.8) is 0 Å². The molecule has 0 aromatic carbocycles. The molecule has 0 aromatic rings. The molecule has 0 atom stereocenters. The summed E-state index contributed by atoms with van der Waals surface area (Å²) in [6.07, 6.45) is 1.96. The van der Waals surface area contributed by atoms with Crippen LogP contribution in [-0.2, 0) is 4.79 Å². The maximum absolute atomic E-state index is 9.72. The fourth-order valence-electron chi connectivity index (χ4n) is 0.246. The maximum Gasteiger partial charge on any atom is 0.124 e. The molecule has 0 amide bonds. The van der Waals surface area contributed by atoms with Gasteiger partial charge in [-0.25, -0.2) is 4.79 Å². The van der Waals surface area contributed by atoms with E-state index in [4.69, 9.17) is 0 Å². The number of rotatable bonds is 2. The van der Waals surface area contributed by atoms with E-state index in [0.717, 1.165) is 11.3 Å². The highest BCUT2D eigenvalue weighted by Gasteiger charge is 1.82. The Morgan fingerprint density at radius 3 is 2.57 bits per heavy atom. The monoisotopic (exact) mass is 116 g/mol. The van der Waals surface area contributed by atoms with E-state index in [2.05, 4.69) is 0 Å². The molecule has 0 rings (SSSR count). The zero-order valence-corrected chi connectivity index (χ0v) is 5.34. The Labute approximate surface area is 47.8 Å². The van der Waals surface area contributed by atoms with Crippen LogP contribution < -0.4 is 0 Å². The zero-order chi connectivity index (χ0) is 5.70. The summed E-state index contributed by atoms with van der Waals surface area (Å²) < 4.78 is 0. The second-order valence-electron chi connectivity index (χ2n) is 1.32. The molecule has 0 aliphatic heterocycles. The van der Waals surface area contributed by atoms with Gasteiger partial charge in [-0.1, -0.05) is 0 Å². The summed E-state index contributed by atoms with van der Waals surface area (Å²) in [5.41, 5.74) is 0.785. The molecule has 7 heavy (non-hydrogen) atoms. The Morgan fingerprint density at radius 1 is 1.86 bits per heavy atom. The molecule has 2 heteroatoms. The maximum atomic E-state index is 9.72. The number of thioether (sulfide) groups is 1. The van der Waals surface area contributed by atoms with Gasteiger partial charge in [0.05, 0.1) is 0 Å². The lowest BCUT2D eigenvalue weighted by Gasteiger charge is -1.84. The molecule has 40 valence electrons. The summed E-state index contributed by atoms with van der Waals surface area (Å²) in [7, 11) is 0. The Morgan fingerprint density at radius 2 is 2.43 bits per heavy atom. The Hall–Kier alpha value is -0.200. The highest BCUT2D eigenvalue weighted by Crippen LogP contribution is 1.96. The lowest BCUT2D eigenvalue weighted by Crippen LogP contribution is -1.77. The minimum absolute atomic E-state index is 0.785. The van der Waals surface area contributed by atoms with Gasteiger partial charge < -0.3 is 0 Å². The smallest absolute Gasteiger partial charge is 0.124 e. The number of hydrogen-bond donors (Lipinski definition) is 0. The first-order valence-corrected chi connectivity index (χ1v) is 3.40. The van der Waals surface area contributed by atoms with Crippen LogP contribution in [0.25, 0.3) is 0 Å². The summed E-state index contributed by atoms with van der Waals surface area (Å²) in [6.45, 7) is 1.78. The largest absolute Gasteiger partial charge is 0.234 e. The average molecular weight is 116 g/mol. The van der Waals surface area contributed by atoms with E-state index in [1.54, 1.807) is 18.7 Å². The van der Waals surface area contributed by atoms with Crippen LogP contribution in [0.3, 0.4) is 0 Å². The van der Waals surface area contributed by atoms with Crippen LogP contribution in [-0.4, -0.2) is 17.9 Å². The summed E-state index contributed by atoms with van der Waals surface area (Å²) in [5.74, 6) is 2.62. The van der Waals surface area contributed by atoms with E-state index in [0.29, 0.717) is 0 Å². The minimum Gasteiger partial charge on any atom is -0.234 e. The second-order valence-corrected chi connectivity index (χ2v) is 2.18. The van der Waals surface area contributed by atoms with Gasteiger partial charge in [0.25, 0.3) is 0 Å². The van der Waals surface area contributed by atoms with Gasteiger partial charge in [-0.3, -0.25) is 0 Å². The van der Waals surface area contributed by atoms with Gasteiger partial charge in [-0.05, 0) is 13.2 Å². The third-order valence-corrected chi connectivity index (χ3v) is 1.26. The highest BCUT2D eigenvalue weighted by molar-refractivity contribution is 7.98. The van der Waals surface area contributed by atoms with Crippen LogP contribution in [0, 0.1) is 0 Å².